The number of urea groups is 1. The van der Waals surface area contributed by atoms with E-state index in [0.717, 1.165) is 4.88 Å². The lowest BCUT2D eigenvalue weighted by Crippen LogP contribution is -2.32. The van der Waals surface area contributed by atoms with Crippen molar-refractivity contribution in [3.63, 3.8) is 0 Å². The topological polar surface area (TPSA) is 108 Å². The molecule has 1 rings (SSSR count). The van der Waals surface area contributed by atoms with Gasteiger partial charge in [0.05, 0.1) is 5.56 Å². The molecule has 1 heterocycles. The molecule has 3 amide bonds. The van der Waals surface area contributed by atoms with E-state index in [9.17, 15) is 14.4 Å². The van der Waals surface area contributed by atoms with Crippen molar-refractivity contribution in [3.05, 3.63) is 16.0 Å². The first-order valence-corrected chi connectivity index (χ1v) is 6.77. The number of carboxylic acid groups (broad SMARTS) is 1. The molecule has 1 aromatic rings. The van der Waals surface area contributed by atoms with Gasteiger partial charge in [-0.25, -0.2) is 9.59 Å². The number of thiophene rings is 1. The fraction of sp³-hybridized carbons (Fsp3) is 0.417. The number of carbonyl (C=O) groups is 3. The van der Waals surface area contributed by atoms with E-state index < -0.39 is 12.0 Å². The number of hydrogen-bond donors (Lipinski definition) is 4. The lowest BCUT2D eigenvalue weighted by atomic mass is 10.1. The number of carboxylic acids is 1. The number of amides is 3. The van der Waals surface area contributed by atoms with Crippen LogP contribution in [-0.2, 0) is 4.79 Å². The first-order chi connectivity index (χ1) is 9.36. The second-order valence-electron chi connectivity index (χ2n) is 4.10. The van der Waals surface area contributed by atoms with Gasteiger partial charge >= 0.3 is 12.0 Å². The van der Waals surface area contributed by atoms with Gasteiger partial charge in [0, 0.05) is 24.9 Å². The molecule has 0 saturated heterocycles. The summed E-state index contributed by atoms with van der Waals surface area (Å²) < 4.78 is 0. The third-order valence-corrected chi connectivity index (χ3v) is 3.87. The smallest absolute Gasteiger partial charge is 0.338 e. The molecular formula is C12H17N3O4S. The molecule has 8 heteroatoms. The molecule has 20 heavy (non-hydrogen) atoms. The third kappa shape index (κ3) is 3.95. The minimum Gasteiger partial charge on any atom is -0.478 e. The predicted octanol–water partition coefficient (Wildman–Crippen LogP) is 1.32. The second kappa shape index (κ2) is 6.90. The molecule has 1 aromatic heterocycles. The zero-order valence-corrected chi connectivity index (χ0v) is 12.3. The monoisotopic (exact) mass is 299 g/mol. The van der Waals surface area contributed by atoms with Crippen LogP contribution < -0.4 is 16.0 Å². The number of anilines is 1. The van der Waals surface area contributed by atoms with Crippen molar-refractivity contribution in [2.45, 2.75) is 20.3 Å². The van der Waals surface area contributed by atoms with Gasteiger partial charge in [-0.05, 0) is 19.4 Å². The van der Waals surface area contributed by atoms with Crippen molar-refractivity contribution in [1.82, 2.24) is 10.6 Å². The van der Waals surface area contributed by atoms with E-state index in [1.165, 1.54) is 18.4 Å². The van der Waals surface area contributed by atoms with Crippen LogP contribution in [0.4, 0.5) is 9.80 Å². The largest absolute Gasteiger partial charge is 0.478 e. The van der Waals surface area contributed by atoms with Crippen LogP contribution in [0.15, 0.2) is 0 Å². The van der Waals surface area contributed by atoms with Gasteiger partial charge in [-0.1, -0.05) is 0 Å². The zero-order valence-electron chi connectivity index (χ0n) is 11.5. The molecule has 0 aliphatic carbocycles. The summed E-state index contributed by atoms with van der Waals surface area (Å²) in [5, 5.41) is 16.9. The average molecular weight is 299 g/mol. The molecule has 110 valence electrons. The molecule has 7 nitrogen and oxygen atoms in total. The minimum atomic E-state index is -1.08. The molecule has 0 aliphatic rings. The summed E-state index contributed by atoms with van der Waals surface area (Å²) >= 11 is 1.21. The van der Waals surface area contributed by atoms with Crippen LogP contribution in [-0.4, -0.2) is 36.6 Å². The van der Waals surface area contributed by atoms with Crippen LogP contribution in [0.1, 0.15) is 27.2 Å². The minimum absolute atomic E-state index is 0.106. The van der Waals surface area contributed by atoms with Gasteiger partial charge in [-0.15, -0.1) is 11.3 Å². The van der Waals surface area contributed by atoms with E-state index in [1.54, 1.807) is 13.8 Å². The highest BCUT2D eigenvalue weighted by Crippen LogP contribution is 2.32. The molecular weight excluding hydrogens is 282 g/mol. The number of rotatable bonds is 5. The van der Waals surface area contributed by atoms with Crippen molar-refractivity contribution in [2.75, 3.05) is 18.9 Å². The molecule has 0 saturated carbocycles. The Balaban J connectivity index is 2.65. The van der Waals surface area contributed by atoms with E-state index in [4.69, 9.17) is 5.11 Å². The van der Waals surface area contributed by atoms with E-state index in [1.807, 2.05) is 0 Å². The first kappa shape index (κ1) is 16.0. The molecule has 0 spiro atoms. The van der Waals surface area contributed by atoms with Crippen molar-refractivity contribution in [1.29, 1.82) is 0 Å². The van der Waals surface area contributed by atoms with Gasteiger partial charge in [0.2, 0.25) is 5.91 Å². The fourth-order valence-electron chi connectivity index (χ4n) is 1.53. The van der Waals surface area contributed by atoms with Crippen molar-refractivity contribution >= 4 is 34.2 Å². The first-order valence-electron chi connectivity index (χ1n) is 5.95. The highest BCUT2D eigenvalue weighted by molar-refractivity contribution is 7.16. The van der Waals surface area contributed by atoms with Crippen molar-refractivity contribution in [2.24, 2.45) is 0 Å². The lowest BCUT2D eigenvalue weighted by Gasteiger charge is -2.06. The second-order valence-corrected chi connectivity index (χ2v) is 5.32. The van der Waals surface area contributed by atoms with Gasteiger partial charge in [0.15, 0.2) is 0 Å². The standard InChI is InChI=1S/C12H17N3O4S/c1-6-7(2)20-10(9(6)11(17)18)15-12(19)14-5-4-8(16)13-3/h4-5H2,1-3H3,(H,13,16)(H,17,18)(H2,14,15,19). The number of hydrogen-bond acceptors (Lipinski definition) is 4. The summed E-state index contributed by atoms with van der Waals surface area (Å²) in [7, 11) is 1.51. The van der Waals surface area contributed by atoms with Crippen LogP contribution >= 0.6 is 11.3 Å². The van der Waals surface area contributed by atoms with Crippen molar-refractivity contribution < 1.29 is 19.5 Å². The van der Waals surface area contributed by atoms with E-state index in [2.05, 4.69) is 16.0 Å². The summed E-state index contributed by atoms with van der Waals surface area (Å²) in [6.45, 7) is 3.67. The number of aryl methyl sites for hydroxylation is 1. The van der Waals surface area contributed by atoms with Crippen LogP contribution in [0.2, 0.25) is 0 Å². The molecule has 0 aliphatic heterocycles. The molecule has 0 bridgehead atoms. The maximum atomic E-state index is 11.6. The SMILES string of the molecule is CNC(=O)CCNC(=O)Nc1sc(C)c(C)c1C(=O)O. The molecule has 4 N–H and O–H groups in total. The highest BCUT2D eigenvalue weighted by Gasteiger charge is 2.20. The summed E-state index contributed by atoms with van der Waals surface area (Å²) in [6, 6.07) is -0.530. The Morgan fingerprint density at radius 2 is 1.90 bits per heavy atom. The molecule has 0 aromatic carbocycles. The third-order valence-electron chi connectivity index (χ3n) is 2.74. The Morgan fingerprint density at radius 1 is 1.25 bits per heavy atom. The number of carbonyl (C=O) groups excluding carboxylic acids is 2. The lowest BCUT2D eigenvalue weighted by molar-refractivity contribution is -0.120. The molecule has 0 radical (unpaired) electrons. The van der Waals surface area contributed by atoms with Gasteiger partial charge in [0.25, 0.3) is 0 Å². The molecule has 0 unspecified atom stereocenters. The average Bonchev–Trinajstić information content (AvgIpc) is 2.64. The van der Waals surface area contributed by atoms with Crippen LogP contribution in [0.25, 0.3) is 0 Å². The molecule has 0 atom stereocenters. The van der Waals surface area contributed by atoms with E-state index in [0.29, 0.717) is 10.6 Å². The van der Waals surface area contributed by atoms with Gasteiger partial charge in [-0.3, -0.25) is 10.1 Å². The van der Waals surface area contributed by atoms with Gasteiger partial charge in [0.1, 0.15) is 5.00 Å². The summed E-state index contributed by atoms with van der Waals surface area (Å²) in [4.78, 5) is 34.6. The Bertz CT molecular complexity index is 539. The predicted molar refractivity (Wildman–Crippen MR) is 76.5 cm³/mol. The Morgan fingerprint density at radius 3 is 2.45 bits per heavy atom. The van der Waals surface area contributed by atoms with Crippen LogP contribution in [0.3, 0.4) is 0 Å². The maximum absolute atomic E-state index is 11.6. The summed E-state index contributed by atoms with van der Waals surface area (Å²) in [5.41, 5.74) is 0.747. The van der Waals surface area contributed by atoms with E-state index in [-0.39, 0.29) is 24.4 Å². The number of aromatic carboxylic acids is 1. The normalized spacial score (nSPS) is 9.95. The Hall–Kier alpha value is -2.09. The molecule has 0 fully saturated rings. The van der Waals surface area contributed by atoms with E-state index >= 15 is 0 Å². The zero-order chi connectivity index (χ0) is 15.3. The van der Waals surface area contributed by atoms with Gasteiger partial charge in [-0.2, -0.15) is 0 Å². The fourth-order valence-corrected chi connectivity index (χ4v) is 2.58. The van der Waals surface area contributed by atoms with Crippen LogP contribution in [0.5, 0.6) is 0 Å². The van der Waals surface area contributed by atoms with Gasteiger partial charge < -0.3 is 15.7 Å². The van der Waals surface area contributed by atoms with Crippen molar-refractivity contribution in [3.8, 4) is 0 Å². The highest BCUT2D eigenvalue weighted by atomic mass is 32.1. The Kier molecular flexibility index (Phi) is 5.51. The quantitative estimate of drug-likeness (QED) is 0.657. The summed E-state index contributed by atoms with van der Waals surface area (Å²) in [5.74, 6) is -1.26. The Labute approximate surface area is 120 Å². The van der Waals surface area contributed by atoms with Crippen LogP contribution in [0, 0.1) is 13.8 Å². The summed E-state index contributed by atoms with van der Waals surface area (Å²) in [6.07, 6.45) is 0.165. The number of nitrogens with one attached hydrogen (secondary N) is 3. The maximum Gasteiger partial charge on any atom is 0.338 e.